The van der Waals surface area contributed by atoms with Crippen molar-refractivity contribution in [1.82, 2.24) is 0 Å². The summed E-state index contributed by atoms with van der Waals surface area (Å²) in [5, 5.41) is 11.0. The number of phenolic OH excluding ortho intramolecular Hbond substituents is 1. The number of alkyl halides is 2. The first kappa shape index (κ1) is 13.7. The second-order valence-electron chi connectivity index (χ2n) is 3.58. The van der Waals surface area contributed by atoms with E-state index in [0.29, 0.717) is 5.39 Å². The maximum atomic E-state index is 12.6. The quantitative estimate of drug-likeness (QED) is 0.870. The Morgan fingerprint density at radius 1 is 1.06 bits per heavy atom. The first-order chi connectivity index (χ1) is 7.61. The van der Waals surface area contributed by atoms with Crippen LogP contribution in [0.1, 0.15) is 11.6 Å². The average Bonchev–Trinajstić information content (AvgIpc) is 2.28. The standard InChI is InChI=1S/C12H11F2NO.ClH/c13-12(14)11(15)10-8-4-2-1-3-7(8)5-6-9(10)16;/h1-6,11-12,16H,15H2;1H/t11-;/m1./s1. The van der Waals surface area contributed by atoms with E-state index in [9.17, 15) is 13.9 Å². The molecule has 0 saturated carbocycles. The first-order valence-corrected chi connectivity index (χ1v) is 4.85. The Kier molecular flexibility index (Phi) is 4.26. The molecule has 0 fully saturated rings. The molecule has 0 spiro atoms. The third kappa shape index (κ3) is 2.48. The lowest BCUT2D eigenvalue weighted by atomic mass is 9.98. The molecule has 2 aromatic rings. The number of aromatic hydroxyl groups is 1. The van der Waals surface area contributed by atoms with Gasteiger partial charge >= 0.3 is 0 Å². The van der Waals surface area contributed by atoms with Crippen LogP contribution in [0.3, 0.4) is 0 Å². The van der Waals surface area contributed by atoms with Gasteiger partial charge in [-0.1, -0.05) is 30.3 Å². The van der Waals surface area contributed by atoms with E-state index in [4.69, 9.17) is 5.73 Å². The van der Waals surface area contributed by atoms with Gasteiger partial charge in [-0.3, -0.25) is 0 Å². The van der Waals surface area contributed by atoms with Crippen molar-refractivity contribution in [3.05, 3.63) is 42.0 Å². The monoisotopic (exact) mass is 259 g/mol. The highest BCUT2D eigenvalue weighted by Gasteiger charge is 2.22. The van der Waals surface area contributed by atoms with Crippen LogP contribution in [0.15, 0.2) is 36.4 Å². The van der Waals surface area contributed by atoms with Crippen molar-refractivity contribution in [2.75, 3.05) is 0 Å². The van der Waals surface area contributed by atoms with Crippen LogP contribution in [0.5, 0.6) is 5.75 Å². The predicted octanol–water partition coefficient (Wildman–Crippen LogP) is 3.23. The molecule has 92 valence electrons. The number of phenols is 1. The van der Waals surface area contributed by atoms with Crippen LogP contribution >= 0.6 is 12.4 Å². The van der Waals surface area contributed by atoms with Gasteiger partial charge in [0, 0.05) is 5.56 Å². The Morgan fingerprint density at radius 3 is 2.35 bits per heavy atom. The van der Waals surface area contributed by atoms with Crippen LogP contribution < -0.4 is 5.73 Å². The molecule has 2 aromatic carbocycles. The van der Waals surface area contributed by atoms with Gasteiger partial charge in [-0.15, -0.1) is 12.4 Å². The van der Waals surface area contributed by atoms with Crippen molar-refractivity contribution in [3.63, 3.8) is 0 Å². The summed E-state index contributed by atoms with van der Waals surface area (Å²) in [5.74, 6) is -0.188. The van der Waals surface area contributed by atoms with Crippen LogP contribution in [-0.4, -0.2) is 11.5 Å². The highest BCUT2D eigenvalue weighted by atomic mass is 35.5. The van der Waals surface area contributed by atoms with Gasteiger partial charge in [0.2, 0.25) is 0 Å². The van der Waals surface area contributed by atoms with E-state index >= 15 is 0 Å². The average molecular weight is 260 g/mol. The normalized spacial score (nSPS) is 12.5. The van der Waals surface area contributed by atoms with Gasteiger partial charge in [-0.2, -0.15) is 0 Å². The molecule has 2 rings (SSSR count). The minimum absolute atomic E-state index is 0. The second kappa shape index (κ2) is 5.29. The van der Waals surface area contributed by atoms with Crippen LogP contribution in [0, 0.1) is 0 Å². The molecule has 1 atom stereocenters. The fraction of sp³-hybridized carbons (Fsp3) is 0.167. The molecule has 17 heavy (non-hydrogen) atoms. The molecule has 0 saturated heterocycles. The van der Waals surface area contributed by atoms with E-state index < -0.39 is 12.5 Å². The maximum Gasteiger partial charge on any atom is 0.257 e. The van der Waals surface area contributed by atoms with Crippen molar-refractivity contribution in [3.8, 4) is 5.75 Å². The molecule has 3 N–H and O–H groups in total. The van der Waals surface area contributed by atoms with Crippen LogP contribution in [-0.2, 0) is 0 Å². The molecule has 0 aromatic heterocycles. The van der Waals surface area contributed by atoms with Gasteiger partial charge in [0.25, 0.3) is 6.43 Å². The predicted molar refractivity (Wildman–Crippen MR) is 65.8 cm³/mol. The van der Waals surface area contributed by atoms with E-state index in [0.717, 1.165) is 5.39 Å². The molecule has 0 aliphatic carbocycles. The van der Waals surface area contributed by atoms with Gasteiger partial charge in [0.15, 0.2) is 0 Å². The highest BCUT2D eigenvalue weighted by Crippen LogP contribution is 2.33. The number of hydrogen-bond donors (Lipinski definition) is 2. The summed E-state index contributed by atoms with van der Waals surface area (Å²) in [6.07, 6.45) is -2.70. The zero-order valence-electron chi connectivity index (χ0n) is 8.81. The van der Waals surface area contributed by atoms with Crippen LogP contribution in [0.4, 0.5) is 8.78 Å². The lowest BCUT2D eigenvalue weighted by Gasteiger charge is -2.15. The largest absolute Gasteiger partial charge is 0.508 e. The van der Waals surface area contributed by atoms with Crippen molar-refractivity contribution in [2.45, 2.75) is 12.5 Å². The second-order valence-corrected chi connectivity index (χ2v) is 3.58. The minimum Gasteiger partial charge on any atom is -0.508 e. The maximum absolute atomic E-state index is 12.6. The van der Waals surface area contributed by atoms with E-state index in [-0.39, 0.29) is 23.7 Å². The number of nitrogens with two attached hydrogens (primary N) is 1. The van der Waals surface area contributed by atoms with Crippen LogP contribution in [0.25, 0.3) is 10.8 Å². The molecule has 0 aliphatic rings. The lowest BCUT2D eigenvalue weighted by molar-refractivity contribution is 0.116. The van der Waals surface area contributed by atoms with E-state index in [1.54, 1.807) is 30.3 Å². The summed E-state index contributed by atoms with van der Waals surface area (Å²) < 4.78 is 25.2. The molecule has 0 bridgehead atoms. The third-order valence-corrected chi connectivity index (χ3v) is 2.55. The topological polar surface area (TPSA) is 46.2 Å². The molecule has 2 nitrogen and oxygen atoms in total. The summed E-state index contributed by atoms with van der Waals surface area (Å²) in [4.78, 5) is 0. The lowest BCUT2D eigenvalue weighted by Crippen LogP contribution is -2.19. The zero-order valence-corrected chi connectivity index (χ0v) is 9.62. The van der Waals surface area contributed by atoms with Crippen molar-refractivity contribution in [2.24, 2.45) is 5.73 Å². The Labute approximate surface area is 103 Å². The van der Waals surface area contributed by atoms with Gasteiger partial charge in [0.1, 0.15) is 5.75 Å². The molecule has 0 amide bonds. The van der Waals surface area contributed by atoms with E-state index in [1.807, 2.05) is 0 Å². The molecular weight excluding hydrogens is 248 g/mol. The van der Waals surface area contributed by atoms with Crippen LogP contribution in [0.2, 0.25) is 0 Å². The molecular formula is C12H12ClF2NO. The van der Waals surface area contributed by atoms with E-state index in [2.05, 4.69) is 0 Å². The summed E-state index contributed by atoms with van der Waals surface area (Å²) >= 11 is 0. The van der Waals surface area contributed by atoms with Gasteiger partial charge in [-0.05, 0) is 16.8 Å². The highest BCUT2D eigenvalue weighted by molar-refractivity contribution is 5.88. The number of halogens is 3. The molecule has 0 unspecified atom stereocenters. The molecule has 5 heteroatoms. The van der Waals surface area contributed by atoms with Crippen molar-refractivity contribution < 1.29 is 13.9 Å². The zero-order chi connectivity index (χ0) is 11.7. The Hall–Kier alpha value is -1.39. The Balaban J connectivity index is 0.00000144. The summed E-state index contributed by atoms with van der Waals surface area (Å²) in [6, 6.07) is 8.58. The third-order valence-electron chi connectivity index (χ3n) is 2.55. The summed E-state index contributed by atoms with van der Waals surface area (Å²) in [6.45, 7) is 0. The molecule has 0 heterocycles. The van der Waals surface area contributed by atoms with Gasteiger partial charge < -0.3 is 10.8 Å². The first-order valence-electron chi connectivity index (χ1n) is 4.85. The Morgan fingerprint density at radius 2 is 1.71 bits per heavy atom. The van der Waals surface area contributed by atoms with Crippen molar-refractivity contribution >= 4 is 23.2 Å². The molecule has 0 radical (unpaired) electrons. The van der Waals surface area contributed by atoms with E-state index in [1.165, 1.54) is 6.07 Å². The number of rotatable bonds is 2. The smallest absolute Gasteiger partial charge is 0.257 e. The number of hydrogen-bond acceptors (Lipinski definition) is 2. The minimum atomic E-state index is -2.70. The summed E-state index contributed by atoms with van der Waals surface area (Å²) in [5.41, 5.74) is 5.50. The Bertz CT molecular complexity index is 519. The van der Waals surface area contributed by atoms with Gasteiger partial charge in [0.05, 0.1) is 6.04 Å². The number of fused-ring (bicyclic) bond motifs is 1. The number of benzene rings is 2. The SMILES string of the molecule is Cl.N[C@H](c1c(O)ccc2ccccc12)C(F)F. The fourth-order valence-corrected chi connectivity index (χ4v) is 1.76. The molecule has 0 aliphatic heterocycles. The van der Waals surface area contributed by atoms with Crippen molar-refractivity contribution in [1.29, 1.82) is 0 Å². The fourth-order valence-electron chi connectivity index (χ4n) is 1.76. The summed E-state index contributed by atoms with van der Waals surface area (Å²) in [7, 11) is 0. The van der Waals surface area contributed by atoms with Gasteiger partial charge in [-0.25, -0.2) is 8.78 Å².